The van der Waals surface area contributed by atoms with Gasteiger partial charge < -0.3 is 9.47 Å². The van der Waals surface area contributed by atoms with Crippen molar-refractivity contribution in [3.8, 4) is 5.75 Å². The Morgan fingerprint density at radius 3 is 1.93 bits per heavy atom. The molecule has 0 heterocycles. The molecule has 8 heteroatoms. The number of hydrogen-bond donors (Lipinski definition) is 0. The van der Waals surface area contributed by atoms with E-state index >= 15 is 0 Å². The molecule has 148 valence electrons. The van der Waals surface area contributed by atoms with Crippen molar-refractivity contribution in [3.05, 3.63) is 65.2 Å². The number of alkyl halides is 6. The Kier molecular flexibility index (Phi) is 6.75. The summed E-state index contributed by atoms with van der Waals surface area (Å²) in [6, 6.07) is 9.93. The molecule has 0 aliphatic rings. The minimum Gasteiger partial charge on any atom is -0.406 e. The van der Waals surface area contributed by atoms with Gasteiger partial charge >= 0.3 is 12.5 Å². The second kappa shape index (κ2) is 8.65. The lowest BCUT2D eigenvalue weighted by Crippen LogP contribution is -2.27. The lowest BCUT2D eigenvalue weighted by atomic mass is 10.1. The Bertz CT molecular complexity index is 710. The Hall–Kier alpha value is -2.22. The summed E-state index contributed by atoms with van der Waals surface area (Å²) in [5.41, 5.74) is 0.987. The van der Waals surface area contributed by atoms with Crippen LogP contribution in [0.2, 0.25) is 0 Å². The van der Waals surface area contributed by atoms with Gasteiger partial charge in [0.05, 0.1) is 6.61 Å². The van der Waals surface area contributed by atoms with Gasteiger partial charge in [-0.15, -0.1) is 13.2 Å². The van der Waals surface area contributed by atoms with Crippen LogP contribution in [0.4, 0.5) is 26.3 Å². The van der Waals surface area contributed by atoms with Crippen molar-refractivity contribution in [2.75, 3.05) is 0 Å². The van der Waals surface area contributed by atoms with E-state index in [0.29, 0.717) is 5.56 Å². The predicted molar refractivity (Wildman–Crippen MR) is 87.1 cm³/mol. The molecule has 1 atom stereocenters. The van der Waals surface area contributed by atoms with Crippen LogP contribution in [0.25, 0.3) is 0 Å². The maximum Gasteiger partial charge on any atom is 0.573 e. The Morgan fingerprint density at radius 1 is 0.852 bits per heavy atom. The zero-order chi connectivity index (χ0) is 20.1. The van der Waals surface area contributed by atoms with Crippen LogP contribution in [0.5, 0.6) is 5.75 Å². The lowest BCUT2D eigenvalue weighted by molar-refractivity contribution is -0.282. The molecule has 0 amide bonds. The summed E-state index contributed by atoms with van der Waals surface area (Å²) in [5, 5.41) is 0. The molecule has 0 radical (unpaired) electrons. The van der Waals surface area contributed by atoms with Gasteiger partial charge in [0, 0.05) is 0 Å². The van der Waals surface area contributed by atoms with E-state index in [4.69, 9.17) is 0 Å². The van der Waals surface area contributed by atoms with E-state index in [0.717, 1.165) is 42.7 Å². The summed E-state index contributed by atoms with van der Waals surface area (Å²) in [6.07, 6.45) is -10.1. The van der Waals surface area contributed by atoms with Gasteiger partial charge in [0.1, 0.15) is 5.75 Å². The monoisotopic (exact) mass is 392 g/mol. The normalized spacial score (nSPS) is 13.4. The molecule has 0 N–H and O–H groups in total. The summed E-state index contributed by atoms with van der Waals surface area (Å²) < 4.78 is 86.3. The smallest absolute Gasteiger partial charge is 0.406 e. The fraction of sp³-hybridized carbons (Fsp3) is 0.368. The first-order valence-corrected chi connectivity index (χ1v) is 8.20. The Labute approximate surface area is 152 Å². The quantitative estimate of drug-likeness (QED) is 0.487. The van der Waals surface area contributed by atoms with Gasteiger partial charge in [-0.2, -0.15) is 8.78 Å². The maximum atomic E-state index is 14.1. The topological polar surface area (TPSA) is 18.5 Å². The van der Waals surface area contributed by atoms with E-state index in [9.17, 15) is 26.3 Å². The van der Waals surface area contributed by atoms with Crippen LogP contribution in [-0.2, 0) is 17.8 Å². The number of benzene rings is 2. The first kappa shape index (κ1) is 21.1. The first-order valence-electron chi connectivity index (χ1n) is 8.20. The van der Waals surface area contributed by atoms with E-state index in [-0.39, 0.29) is 0 Å². The molecule has 0 spiro atoms. The van der Waals surface area contributed by atoms with Gasteiger partial charge in [-0.3, -0.25) is 0 Å². The molecule has 0 bridgehead atoms. The van der Waals surface area contributed by atoms with Crippen molar-refractivity contribution in [2.45, 2.75) is 45.0 Å². The van der Waals surface area contributed by atoms with E-state index in [1.165, 1.54) is 0 Å². The van der Waals surface area contributed by atoms with E-state index in [1.807, 2.05) is 6.92 Å². The van der Waals surface area contributed by atoms with Gasteiger partial charge in [0.2, 0.25) is 6.17 Å². The highest BCUT2D eigenvalue weighted by molar-refractivity contribution is 5.29. The van der Waals surface area contributed by atoms with Crippen LogP contribution < -0.4 is 4.74 Å². The minimum atomic E-state index is -4.92. The lowest BCUT2D eigenvalue weighted by Gasteiger charge is -2.21. The number of aryl methyl sites for hydroxylation is 1. The predicted octanol–water partition coefficient (Wildman–Crippen LogP) is 6.36. The van der Waals surface area contributed by atoms with Crippen LogP contribution in [0, 0.1) is 0 Å². The zero-order valence-corrected chi connectivity index (χ0v) is 14.4. The van der Waals surface area contributed by atoms with Crippen LogP contribution >= 0.6 is 0 Å². The van der Waals surface area contributed by atoms with Gasteiger partial charge in [0.25, 0.3) is 0 Å². The highest BCUT2D eigenvalue weighted by Crippen LogP contribution is 2.37. The third-order valence-corrected chi connectivity index (χ3v) is 3.69. The molecule has 0 fully saturated rings. The van der Waals surface area contributed by atoms with Crippen molar-refractivity contribution in [1.82, 2.24) is 0 Å². The second-order valence-corrected chi connectivity index (χ2v) is 5.90. The number of hydrogen-bond acceptors (Lipinski definition) is 2. The largest absolute Gasteiger partial charge is 0.573 e. The molecular formula is C19H18F6O2. The van der Waals surface area contributed by atoms with Gasteiger partial charge in [0.15, 0.2) is 0 Å². The maximum absolute atomic E-state index is 14.1. The molecule has 2 rings (SSSR count). The van der Waals surface area contributed by atoms with Gasteiger partial charge in [-0.1, -0.05) is 49.7 Å². The van der Waals surface area contributed by atoms with Crippen molar-refractivity contribution < 1.29 is 35.8 Å². The SMILES string of the molecule is CCCc1ccc(COC(F)(F)C(F)c2ccc(OC(F)(F)F)cc2)cc1. The number of ether oxygens (including phenoxy) is 2. The molecule has 0 aliphatic heterocycles. The Morgan fingerprint density at radius 2 is 1.41 bits per heavy atom. The third kappa shape index (κ3) is 6.46. The zero-order valence-electron chi connectivity index (χ0n) is 14.4. The number of halogens is 6. The minimum absolute atomic E-state index is 0.454. The highest BCUT2D eigenvalue weighted by atomic mass is 19.4. The molecule has 0 saturated carbocycles. The molecule has 2 aromatic carbocycles. The fourth-order valence-electron chi connectivity index (χ4n) is 2.38. The van der Waals surface area contributed by atoms with Crippen molar-refractivity contribution in [3.63, 3.8) is 0 Å². The summed E-state index contributed by atoms with van der Waals surface area (Å²) in [5.74, 6) is -0.630. The van der Waals surface area contributed by atoms with Crippen LogP contribution in [0.15, 0.2) is 48.5 Å². The van der Waals surface area contributed by atoms with E-state index < -0.39 is 36.6 Å². The Balaban J connectivity index is 1.98. The molecule has 27 heavy (non-hydrogen) atoms. The molecule has 0 aromatic heterocycles. The van der Waals surface area contributed by atoms with E-state index in [1.54, 1.807) is 24.3 Å². The number of rotatable bonds is 8. The molecular weight excluding hydrogens is 374 g/mol. The molecule has 1 unspecified atom stereocenters. The molecule has 0 aliphatic carbocycles. The molecule has 2 nitrogen and oxygen atoms in total. The van der Waals surface area contributed by atoms with Crippen LogP contribution in [0.1, 0.15) is 36.2 Å². The van der Waals surface area contributed by atoms with Crippen LogP contribution in [-0.4, -0.2) is 12.5 Å². The highest BCUT2D eigenvalue weighted by Gasteiger charge is 2.43. The van der Waals surface area contributed by atoms with Gasteiger partial charge in [-0.25, -0.2) is 4.39 Å². The first-order chi connectivity index (χ1) is 12.6. The standard InChI is InChI=1S/C19H18F6O2/c1-2-3-13-4-6-14(7-5-13)12-26-18(21,22)17(20)15-8-10-16(11-9-15)27-19(23,24)25/h4-11,17H,2-3,12H2,1H3. The van der Waals surface area contributed by atoms with Gasteiger partial charge in [-0.05, 0) is 35.2 Å². The van der Waals surface area contributed by atoms with E-state index in [2.05, 4.69) is 9.47 Å². The second-order valence-electron chi connectivity index (χ2n) is 5.90. The van der Waals surface area contributed by atoms with Crippen molar-refractivity contribution >= 4 is 0 Å². The van der Waals surface area contributed by atoms with Crippen molar-refractivity contribution in [1.29, 1.82) is 0 Å². The third-order valence-electron chi connectivity index (χ3n) is 3.69. The van der Waals surface area contributed by atoms with Crippen LogP contribution in [0.3, 0.4) is 0 Å². The molecule has 0 saturated heterocycles. The summed E-state index contributed by atoms with van der Waals surface area (Å²) in [6.45, 7) is 1.51. The molecule has 2 aromatic rings. The fourth-order valence-corrected chi connectivity index (χ4v) is 2.38. The summed E-state index contributed by atoms with van der Waals surface area (Å²) in [4.78, 5) is 0. The average molecular weight is 392 g/mol. The van der Waals surface area contributed by atoms with Crippen molar-refractivity contribution in [2.24, 2.45) is 0 Å². The average Bonchev–Trinajstić information content (AvgIpc) is 2.60. The summed E-state index contributed by atoms with van der Waals surface area (Å²) in [7, 11) is 0. The summed E-state index contributed by atoms with van der Waals surface area (Å²) >= 11 is 0.